The van der Waals surface area contributed by atoms with Crippen LogP contribution in [0.5, 0.6) is 0 Å². The van der Waals surface area contributed by atoms with Gasteiger partial charge in [-0.15, -0.1) is 0 Å². The molecule has 154 valence electrons. The summed E-state index contributed by atoms with van der Waals surface area (Å²) in [4.78, 5) is 58.6. The molecule has 1 fully saturated rings. The lowest BCUT2D eigenvalue weighted by Crippen LogP contribution is -2.40. The lowest BCUT2D eigenvalue weighted by molar-refractivity contribution is -0.142. The molecule has 10 nitrogen and oxygen atoms in total. The van der Waals surface area contributed by atoms with E-state index >= 15 is 0 Å². The second-order valence-corrected chi connectivity index (χ2v) is 6.01. The van der Waals surface area contributed by atoms with Gasteiger partial charge in [0.1, 0.15) is 12.4 Å². The molecular formula is C18H20FN5O5. The van der Waals surface area contributed by atoms with Gasteiger partial charge in [0.2, 0.25) is 17.7 Å². The minimum Gasteiger partial charge on any atom is -0.351 e. The van der Waals surface area contributed by atoms with Gasteiger partial charge in [-0.1, -0.05) is 18.2 Å². The third-order valence-corrected chi connectivity index (χ3v) is 3.92. The summed E-state index contributed by atoms with van der Waals surface area (Å²) in [6.07, 6.45) is 3.29. The lowest BCUT2D eigenvalue weighted by atomic mass is 10.1. The molecule has 29 heavy (non-hydrogen) atoms. The van der Waals surface area contributed by atoms with Crippen LogP contribution >= 0.6 is 0 Å². The first-order valence-electron chi connectivity index (χ1n) is 8.67. The van der Waals surface area contributed by atoms with Gasteiger partial charge < -0.3 is 21.7 Å². The average Bonchev–Trinajstić information content (AvgIpc) is 2.96. The second kappa shape index (κ2) is 9.97. The Kier molecular flexibility index (Phi) is 7.40. The van der Waals surface area contributed by atoms with E-state index in [0.29, 0.717) is 0 Å². The normalized spacial score (nSPS) is 13.6. The molecule has 1 saturated heterocycles. The summed E-state index contributed by atoms with van der Waals surface area (Å²) in [6, 6.07) is 2.80. The van der Waals surface area contributed by atoms with Gasteiger partial charge in [0.25, 0.3) is 5.91 Å². The van der Waals surface area contributed by atoms with Crippen molar-refractivity contribution < 1.29 is 28.4 Å². The van der Waals surface area contributed by atoms with Crippen LogP contribution in [0.2, 0.25) is 0 Å². The van der Waals surface area contributed by atoms with Crippen LogP contribution in [0.4, 0.5) is 14.9 Å². The quantitative estimate of drug-likeness (QED) is 0.351. The van der Waals surface area contributed by atoms with E-state index in [-0.39, 0.29) is 55.5 Å². The van der Waals surface area contributed by atoms with Crippen molar-refractivity contribution >= 4 is 35.3 Å². The van der Waals surface area contributed by atoms with E-state index in [2.05, 4.69) is 16.0 Å². The topological polar surface area (TPSA) is 151 Å². The number of hydrogen-bond donors (Lipinski definition) is 4. The van der Waals surface area contributed by atoms with E-state index < -0.39 is 23.7 Å². The molecule has 6 amide bonds. The van der Waals surface area contributed by atoms with Crippen LogP contribution in [0, 0.1) is 5.82 Å². The van der Waals surface area contributed by atoms with Crippen molar-refractivity contribution in [2.24, 2.45) is 5.73 Å². The summed E-state index contributed by atoms with van der Waals surface area (Å²) in [5.74, 6) is -2.82. The molecule has 0 saturated carbocycles. The summed E-state index contributed by atoms with van der Waals surface area (Å²) in [5, 5.41) is 7.12. The highest BCUT2D eigenvalue weighted by Crippen LogP contribution is 2.18. The number of carbonyl (C=O) groups is 5. The molecular weight excluding hydrogens is 385 g/mol. The molecule has 1 aliphatic heterocycles. The van der Waals surface area contributed by atoms with E-state index in [1.165, 1.54) is 24.3 Å². The van der Waals surface area contributed by atoms with Crippen molar-refractivity contribution in [3.63, 3.8) is 0 Å². The van der Waals surface area contributed by atoms with Crippen molar-refractivity contribution in [3.8, 4) is 0 Å². The molecule has 2 rings (SSSR count). The standard InChI is InChI=1S/C18H20FN5O5/c19-11-4-3-5-12(23-18(20)29)16(11)17(28)22-9-2-1-8-21-13(25)10-24-14(26)6-7-15(24)27/h1-5H,6-10H2,(H,21,25)(H,22,28)(H3,20,23,29)/b2-1+. The van der Waals surface area contributed by atoms with Crippen LogP contribution in [-0.2, 0) is 14.4 Å². The number of amides is 6. The number of urea groups is 1. The Morgan fingerprint density at radius 1 is 1.07 bits per heavy atom. The predicted molar refractivity (Wildman–Crippen MR) is 100 cm³/mol. The van der Waals surface area contributed by atoms with Crippen molar-refractivity contribution in [3.05, 3.63) is 41.7 Å². The Morgan fingerprint density at radius 3 is 2.31 bits per heavy atom. The third-order valence-electron chi connectivity index (χ3n) is 3.92. The Labute approximate surface area is 165 Å². The summed E-state index contributed by atoms with van der Waals surface area (Å²) in [6.45, 7) is -0.188. The maximum atomic E-state index is 13.9. The van der Waals surface area contributed by atoms with Gasteiger partial charge >= 0.3 is 6.03 Å². The van der Waals surface area contributed by atoms with E-state index in [1.807, 2.05) is 0 Å². The molecule has 0 unspecified atom stereocenters. The fraction of sp³-hybridized carbons (Fsp3) is 0.278. The molecule has 0 spiro atoms. The third kappa shape index (κ3) is 6.13. The molecule has 0 radical (unpaired) electrons. The number of nitrogens with one attached hydrogen (secondary N) is 3. The predicted octanol–water partition coefficient (Wildman–Crippen LogP) is -0.133. The zero-order chi connectivity index (χ0) is 21.4. The van der Waals surface area contributed by atoms with E-state index in [0.717, 1.165) is 11.0 Å². The SMILES string of the molecule is NC(=O)Nc1cccc(F)c1C(=O)NC/C=C/CNC(=O)CN1C(=O)CCC1=O. The number of rotatable bonds is 8. The highest BCUT2D eigenvalue weighted by Gasteiger charge is 2.30. The van der Waals surface area contributed by atoms with Gasteiger partial charge in [-0.25, -0.2) is 9.18 Å². The molecule has 0 bridgehead atoms. The molecule has 11 heteroatoms. The molecule has 1 heterocycles. The monoisotopic (exact) mass is 405 g/mol. The van der Waals surface area contributed by atoms with E-state index in [4.69, 9.17) is 5.73 Å². The maximum absolute atomic E-state index is 13.9. The summed E-state index contributed by atoms with van der Waals surface area (Å²) < 4.78 is 13.9. The lowest BCUT2D eigenvalue weighted by Gasteiger charge is -2.12. The van der Waals surface area contributed by atoms with Crippen molar-refractivity contribution in [1.29, 1.82) is 0 Å². The number of hydrogen-bond acceptors (Lipinski definition) is 5. The van der Waals surface area contributed by atoms with Crippen molar-refractivity contribution in [2.45, 2.75) is 12.8 Å². The summed E-state index contributed by atoms with van der Waals surface area (Å²) in [7, 11) is 0. The number of carbonyl (C=O) groups excluding carboxylic acids is 5. The number of anilines is 1. The number of primary amides is 1. The smallest absolute Gasteiger partial charge is 0.316 e. The zero-order valence-electron chi connectivity index (χ0n) is 15.4. The highest BCUT2D eigenvalue weighted by molar-refractivity contribution is 6.04. The molecule has 0 aromatic heterocycles. The minimum absolute atomic E-state index is 0.0299. The molecule has 0 aliphatic carbocycles. The van der Waals surface area contributed by atoms with E-state index in [9.17, 15) is 28.4 Å². The molecule has 0 atom stereocenters. The average molecular weight is 405 g/mol. The zero-order valence-corrected chi connectivity index (χ0v) is 15.4. The van der Waals surface area contributed by atoms with Crippen LogP contribution in [0.15, 0.2) is 30.4 Å². The first kappa shape index (κ1) is 21.5. The fourth-order valence-corrected chi connectivity index (χ4v) is 2.57. The minimum atomic E-state index is -0.933. The second-order valence-electron chi connectivity index (χ2n) is 6.01. The number of halogens is 1. The largest absolute Gasteiger partial charge is 0.351 e. The van der Waals surface area contributed by atoms with Gasteiger partial charge in [0.05, 0.1) is 11.3 Å². The maximum Gasteiger partial charge on any atom is 0.316 e. The Balaban J connectivity index is 1.77. The van der Waals surface area contributed by atoms with Gasteiger partial charge in [0.15, 0.2) is 0 Å². The van der Waals surface area contributed by atoms with Gasteiger partial charge in [-0.3, -0.25) is 24.1 Å². The molecule has 1 aliphatic rings. The Morgan fingerprint density at radius 2 is 1.69 bits per heavy atom. The number of likely N-dealkylation sites (tertiary alicyclic amines) is 1. The van der Waals surface area contributed by atoms with Gasteiger partial charge in [0, 0.05) is 25.9 Å². The number of nitrogens with zero attached hydrogens (tertiary/aromatic N) is 1. The molecule has 1 aromatic rings. The Hall–Kier alpha value is -3.76. The van der Waals surface area contributed by atoms with Crippen LogP contribution in [0.25, 0.3) is 0 Å². The van der Waals surface area contributed by atoms with Gasteiger partial charge in [-0.05, 0) is 12.1 Å². The van der Waals surface area contributed by atoms with Crippen LogP contribution in [0.1, 0.15) is 23.2 Å². The van der Waals surface area contributed by atoms with Gasteiger partial charge in [-0.2, -0.15) is 0 Å². The van der Waals surface area contributed by atoms with E-state index in [1.54, 1.807) is 0 Å². The van der Waals surface area contributed by atoms with Crippen molar-refractivity contribution in [2.75, 3.05) is 25.0 Å². The summed E-state index contributed by atoms with van der Waals surface area (Å²) >= 11 is 0. The molecule has 1 aromatic carbocycles. The fourth-order valence-electron chi connectivity index (χ4n) is 2.57. The van der Waals surface area contributed by atoms with Crippen LogP contribution in [-0.4, -0.2) is 54.2 Å². The first-order valence-corrected chi connectivity index (χ1v) is 8.67. The van der Waals surface area contributed by atoms with Crippen molar-refractivity contribution in [1.82, 2.24) is 15.5 Å². The highest BCUT2D eigenvalue weighted by atomic mass is 19.1. The summed E-state index contributed by atoms with van der Waals surface area (Å²) in [5.41, 5.74) is 4.59. The number of imide groups is 1. The number of benzene rings is 1. The van der Waals surface area contributed by atoms with Crippen LogP contribution < -0.4 is 21.7 Å². The first-order chi connectivity index (χ1) is 13.8. The number of nitrogens with two attached hydrogens (primary N) is 1. The molecule has 5 N–H and O–H groups in total. The Bertz CT molecular complexity index is 854. The van der Waals surface area contributed by atoms with Crippen LogP contribution in [0.3, 0.4) is 0 Å².